The van der Waals surface area contributed by atoms with Crippen molar-refractivity contribution < 1.29 is 9.53 Å². The number of benzene rings is 2. The highest BCUT2D eigenvalue weighted by molar-refractivity contribution is 7.13. The standard InChI is InChI=1S/C21H24N4O2S/c1-14-4-9-18(19(12-14)25(2)3)20(26)23-15-5-7-17(8-6-15)27-11-10-16-13-28-21(22)24-16/h4-9,12-13H,10-11H2,1-3H3,(H2,22,24)(H,23,26). The summed E-state index contributed by atoms with van der Waals surface area (Å²) in [5, 5.41) is 5.45. The Morgan fingerprint density at radius 3 is 2.61 bits per heavy atom. The lowest BCUT2D eigenvalue weighted by molar-refractivity contribution is 0.102. The second-order valence-corrected chi connectivity index (χ2v) is 7.56. The number of aryl methyl sites for hydroxylation is 1. The normalized spacial score (nSPS) is 10.5. The molecule has 0 spiro atoms. The molecule has 3 rings (SSSR count). The van der Waals surface area contributed by atoms with Gasteiger partial charge < -0.3 is 20.7 Å². The predicted molar refractivity (Wildman–Crippen MR) is 116 cm³/mol. The van der Waals surface area contributed by atoms with Crippen LogP contribution < -0.4 is 20.7 Å². The SMILES string of the molecule is Cc1ccc(C(=O)Nc2ccc(OCCc3csc(N)n3)cc2)c(N(C)C)c1. The highest BCUT2D eigenvalue weighted by atomic mass is 32.1. The van der Waals surface area contributed by atoms with E-state index in [1.165, 1.54) is 11.3 Å². The molecule has 0 fully saturated rings. The zero-order chi connectivity index (χ0) is 20.1. The van der Waals surface area contributed by atoms with Gasteiger partial charge in [0.1, 0.15) is 5.75 Å². The molecule has 0 bridgehead atoms. The minimum Gasteiger partial charge on any atom is -0.493 e. The molecule has 1 amide bonds. The number of amides is 1. The van der Waals surface area contributed by atoms with E-state index in [2.05, 4.69) is 10.3 Å². The first kappa shape index (κ1) is 19.7. The van der Waals surface area contributed by atoms with Gasteiger partial charge in [0.15, 0.2) is 5.13 Å². The van der Waals surface area contributed by atoms with E-state index in [4.69, 9.17) is 10.5 Å². The highest BCUT2D eigenvalue weighted by Gasteiger charge is 2.13. The molecule has 0 atom stereocenters. The van der Waals surface area contributed by atoms with Crippen LogP contribution in [0, 0.1) is 6.92 Å². The molecule has 1 aromatic heterocycles. The summed E-state index contributed by atoms with van der Waals surface area (Å²) in [7, 11) is 3.86. The molecule has 0 saturated carbocycles. The van der Waals surface area contributed by atoms with Gasteiger partial charge in [0.25, 0.3) is 5.91 Å². The Labute approximate surface area is 169 Å². The summed E-state index contributed by atoms with van der Waals surface area (Å²) in [4.78, 5) is 18.8. The third kappa shape index (κ3) is 5.01. The molecule has 0 aliphatic carbocycles. The molecule has 2 aromatic carbocycles. The first-order valence-corrected chi connectivity index (χ1v) is 9.82. The van der Waals surface area contributed by atoms with Crippen LogP contribution in [0.5, 0.6) is 5.75 Å². The largest absolute Gasteiger partial charge is 0.493 e. The van der Waals surface area contributed by atoms with Crippen molar-refractivity contribution in [2.75, 3.05) is 36.7 Å². The molecule has 0 aliphatic heterocycles. The van der Waals surface area contributed by atoms with Crippen molar-refractivity contribution in [2.24, 2.45) is 0 Å². The molecule has 28 heavy (non-hydrogen) atoms. The van der Waals surface area contributed by atoms with Crippen LogP contribution in [0.2, 0.25) is 0 Å². The monoisotopic (exact) mass is 396 g/mol. The lowest BCUT2D eigenvalue weighted by Gasteiger charge is -2.18. The molecular weight excluding hydrogens is 372 g/mol. The Morgan fingerprint density at radius 1 is 1.21 bits per heavy atom. The van der Waals surface area contributed by atoms with E-state index in [0.717, 1.165) is 28.4 Å². The summed E-state index contributed by atoms with van der Waals surface area (Å²) in [5.41, 5.74) is 9.91. The highest BCUT2D eigenvalue weighted by Crippen LogP contribution is 2.23. The molecule has 0 radical (unpaired) electrons. The molecule has 1 heterocycles. The van der Waals surface area contributed by atoms with Gasteiger partial charge in [-0.15, -0.1) is 11.3 Å². The van der Waals surface area contributed by atoms with Crippen molar-refractivity contribution in [3.63, 3.8) is 0 Å². The molecule has 0 saturated heterocycles. The number of thiazole rings is 1. The molecule has 0 unspecified atom stereocenters. The van der Waals surface area contributed by atoms with Crippen LogP contribution >= 0.6 is 11.3 Å². The van der Waals surface area contributed by atoms with Crippen LogP contribution in [0.3, 0.4) is 0 Å². The summed E-state index contributed by atoms with van der Waals surface area (Å²) < 4.78 is 5.73. The third-order valence-electron chi connectivity index (χ3n) is 4.19. The third-order valence-corrected chi connectivity index (χ3v) is 4.91. The van der Waals surface area contributed by atoms with Crippen LogP contribution in [0.1, 0.15) is 21.6 Å². The van der Waals surface area contributed by atoms with E-state index in [9.17, 15) is 4.79 Å². The number of aromatic nitrogens is 1. The molecule has 146 valence electrons. The average Bonchev–Trinajstić information content (AvgIpc) is 3.08. The number of rotatable bonds is 7. The summed E-state index contributed by atoms with van der Waals surface area (Å²) >= 11 is 1.43. The van der Waals surface area contributed by atoms with Gasteiger partial charge in [0.05, 0.1) is 17.9 Å². The second kappa shape index (κ2) is 8.75. The van der Waals surface area contributed by atoms with Crippen molar-refractivity contribution in [2.45, 2.75) is 13.3 Å². The predicted octanol–water partition coefficient (Wildman–Crippen LogP) is 3.97. The number of nitrogens with zero attached hydrogens (tertiary/aromatic N) is 2. The maximum Gasteiger partial charge on any atom is 0.257 e. The topological polar surface area (TPSA) is 80.5 Å². The molecule has 3 N–H and O–H groups in total. The van der Waals surface area contributed by atoms with E-state index in [1.807, 2.05) is 73.8 Å². The Morgan fingerprint density at radius 2 is 1.96 bits per heavy atom. The van der Waals surface area contributed by atoms with Crippen LogP contribution in [0.4, 0.5) is 16.5 Å². The van der Waals surface area contributed by atoms with Gasteiger partial charge in [-0.25, -0.2) is 4.98 Å². The number of carbonyl (C=O) groups excluding carboxylic acids is 1. The van der Waals surface area contributed by atoms with Gasteiger partial charge in [0.2, 0.25) is 0 Å². The van der Waals surface area contributed by atoms with E-state index >= 15 is 0 Å². The van der Waals surface area contributed by atoms with Crippen molar-refractivity contribution in [1.82, 2.24) is 4.98 Å². The van der Waals surface area contributed by atoms with Gasteiger partial charge in [0, 0.05) is 37.3 Å². The fraction of sp³-hybridized carbons (Fsp3) is 0.238. The first-order chi connectivity index (χ1) is 13.4. The molecule has 6 nitrogen and oxygen atoms in total. The molecule has 7 heteroatoms. The fourth-order valence-electron chi connectivity index (χ4n) is 2.75. The van der Waals surface area contributed by atoms with E-state index in [0.29, 0.717) is 23.7 Å². The maximum atomic E-state index is 12.7. The maximum absolute atomic E-state index is 12.7. The van der Waals surface area contributed by atoms with Gasteiger partial charge in [-0.05, 0) is 48.9 Å². The fourth-order valence-corrected chi connectivity index (χ4v) is 3.34. The minimum absolute atomic E-state index is 0.140. The number of hydrogen-bond acceptors (Lipinski definition) is 6. The van der Waals surface area contributed by atoms with E-state index in [1.54, 1.807) is 0 Å². The number of nitrogens with one attached hydrogen (secondary N) is 1. The summed E-state index contributed by atoms with van der Waals surface area (Å²) in [6.45, 7) is 2.53. The first-order valence-electron chi connectivity index (χ1n) is 8.94. The zero-order valence-corrected chi connectivity index (χ0v) is 17.0. The zero-order valence-electron chi connectivity index (χ0n) is 16.2. The van der Waals surface area contributed by atoms with Gasteiger partial charge >= 0.3 is 0 Å². The summed E-state index contributed by atoms with van der Waals surface area (Å²) in [5.74, 6) is 0.601. The van der Waals surface area contributed by atoms with Crippen molar-refractivity contribution in [3.05, 3.63) is 64.7 Å². The number of anilines is 3. The average molecular weight is 397 g/mol. The second-order valence-electron chi connectivity index (χ2n) is 6.67. The van der Waals surface area contributed by atoms with Crippen LogP contribution in [-0.2, 0) is 6.42 Å². The lowest BCUT2D eigenvalue weighted by atomic mass is 10.1. The van der Waals surface area contributed by atoms with Crippen molar-refractivity contribution in [1.29, 1.82) is 0 Å². The van der Waals surface area contributed by atoms with Gasteiger partial charge in [-0.2, -0.15) is 0 Å². The van der Waals surface area contributed by atoms with E-state index < -0.39 is 0 Å². The van der Waals surface area contributed by atoms with Crippen LogP contribution in [0.25, 0.3) is 0 Å². The number of ether oxygens (including phenoxy) is 1. The van der Waals surface area contributed by atoms with Crippen LogP contribution in [0.15, 0.2) is 47.8 Å². The van der Waals surface area contributed by atoms with Crippen molar-refractivity contribution >= 4 is 33.8 Å². The Kier molecular flexibility index (Phi) is 6.16. The smallest absolute Gasteiger partial charge is 0.257 e. The van der Waals surface area contributed by atoms with Gasteiger partial charge in [-0.3, -0.25) is 4.79 Å². The minimum atomic E-state index is -0.140. The van der Waals surface area contributed by atoms with Crippen LogP contribution in [-0.4, -0.2) is 31.6 Å². The lowest BCUT2D eigenvalue weighted by Crippen LogP contribution is -2.18. The summed E-state index contributed by atoms with van der Waals surface area (Å²) in [6.07, 6.45) is 0.701. The Balaban J connectivity index is 1.59. The molecule has 0 aliphatic rings. The molecular formula is C21H24N4O2S. The number of nitrogen functional groups attached to an aromatic ring is 1. The number of carbonyl (C=O) groups is 1. The Hall–Kier alpha value is -3.06. The van der Waals surface area contributed by atoms with Crippen molar-refractivity contribution in [3.8, 4) is 5.75 Å². The summed E-state index contributed by atoms with van der Waals surface area (Å²) in [6, 6.07) is 13.1. The number of hydrogen-bond donors (Lipinski definition) is 2. The molecule has 3 aromatic rings. The Bertz CT molecular complexity index is 951. The number of nitrogens with two attached hydrogens (primary N) is 1. The quantitative estimate of drug-likeness (QED) is 0.632. The van der Waals surface area contributed by atoms with E-state index in [-0.39, 0.29) is 5.91 Å². The van der Waals surface area contributed by atoms with Gasteiger partial charge in [-0.1, -0.05) is 6.07 Å².